The normalized spacial score (nSPS) is 11.5. The zero-order chi connectivity index (χ0) is 11.3. The van der Waals surface area contributed by atoms with E-state index in [1.165, 1.54) is 0 Å². The highest BCUT2D eigenvalue weighted by Gasteiger charge is 2.42. The number of H-pyrrole nitrogens is 1. The Balaban J connectivity index is 3.28. The highest BCUT2D eigenvalue weighted by molar-refractivity contribution is 5.39. The number of aromatic amines is 1. The molecule has 5 nitrogen and oxygen atoms in total. The first kappa shape index (κ1) is 10.3. The second-order valence-electron chi connectivity index (χ2n) is 2.83. The molecule has 5 heteroatoms. The predicted octanol–water partition coefficient (Wildman–Crippen LogP) is 1.18. The van der Waals surface area contributed by atoms with Crippen molar-refractivity contribution in [2.75, 3.05) is 0 Å². The van der Waals surface area contributed by atoms with Crippen molar-refractivity contribution in [3.8, 4) is 24.3 Å². The predicted molar refractivity (Wildman–Crippen MR) is 48.4 cm³/mol. The van der Waals surface area contributed by atoms with E-state index in [2.05, 4.69) is 4.98 Å². The van der Waals surface area contributed by atoms with Crippen molar-refractivity contribution in [2.24, 2.45) is 5.41 Å². The summed E-state index contributed by atoms with van der Waals surface area (Å²) in [6.45, 7) is 0. The van der Waals surface area contributed by atoms with Crippen molar-refractivity contribution < 1.29 is 0 Å². The first-order valence-electron chi connectivity index (χ1n) is 4.00. The van der Waals surface area contributed by atoms with Gasteiger partial charge in [0.25, 0.3) is 0 Å². The lowest BCUT2D eigenvalue weighted by atomic mass is 9.78. The molecule has 0 aliphatic heterocycles. The van der Waals surface area contributed by atoms with Crippen LogP contribution >= 0.6 is 0 Å². The van der Waals surface area contributed by atoms with Gasteiger partial charge in [-0.3, -0.25) is 0 Å². The average Bonchev–Trinajstić information content (AvgIpc) is 2.79. The molecule has 1 heterocycles. The Kier molecular flexibility index (Phi) is 2.73. The van der Waals surface area contributed by atoms with E-state index in [0.29, 0.717) is 5.69 Å². The molecule has 0 amide bonds. The fourth-order valence-corrected chi connectivity index (χ4v) is 1.19. The van der Waals surface area contributed by atoms with Crippen LogP contribution in [0.1, 0.15) is 11.6 Å². The summed E-state index contributed by atoms with van der Waals surface area (Å²) < 4.78 is 0. The molecule has 0 bridgehead atoms. The summed E-state index contributed by atoms with van der Waals surface area (Å²) in [4.78, 5) is 2.72. The van der Waals surface area contributed by atoms with Crippen LogP contribution < -0.4 is 0 Å². The molecule has 0 radical (unpaired) electrons. The van der Waals surface area contributed by atoms with Gasteiger partial charge in [0.05, 0.1) is 6.07 Å². The van der Waals surface area contributed by atoms with Gasteiger partial charge in [0.1, 0.15) is 24.1 Å². The molecule has 1 atom stereocenters. The molecule has 1 aromatic heterocycles. The van der Waals surface area contributed by atoms with Crippen LogP contribution in [0.25, 0.3) is 0 Å². The zero-order valence-corrected chi connectivity index (χ0v) is 7.60. The van der Waals surface area contributed by atoms with Crippen molar-refractivity contribution >= 4 is 0 Å². The van der Waals surface area contributed by atoms with Crippen molar-refractivity contribution in [3.63, 3.8) is 0 Å². The van der Waals surface area contributed by atoms with Crippen LogP contribution in [-0.2, 0) is 0 Å². The molecular formula is C10H5N5. The highest BCUT2D eigenvalue weighted by atomic mass is 14.7. The Morgan fingerprint density at radius 2 is 1.73 bits per heavy atom. The van der Waals surface area contributed by atoms with Gasteiger partial charge in [-0.1, -0.05) is 0 Å². The highest BCUT2D eigenvalue weighted by Crippen LogP contribution is 2.33. The van der Waals surface area contributed by atoms with Gasteiger partial charge in [-0.2, -0.15) is 21.0 Å². The number of rotatable bonds is 2. The summed E-state index contributed by atoms with van der Waals surface area (Å²) >= 11 is 0. The number of nitrogens with one attached hydrogen (secondary N) is 1. The molecule has 1 unspecified atom stereocenters. The minimum absolute atomic E-state index is 0.391. The van der Waals surface area contributed by atoms with Gasteiger partial charge in [0.2, 0.25) is 5.41 Å². The maximum Gasteiger partial charge on any atom is 0.249 e. The Morgan fingerprint density at radius 3 is 2.07 bits per heavy atom. The molecule has 0 fully saturated rings. The largest absolute Gasteiger partial charge is 0.364 e. The Bertz CT molecular complexity index is 464. The molecule has 0 saturated carbocycles. The van der Waals surface area contributed by atoms with E-state index in [1.807, 2.05) is 0 Å². The van der Waals surface area contributed by atoms with E-state index in [9.17, 15) is 0 Å². The third-order valence-corrected chi connectivity index (χ3v) is 2.02. The number of hydrogen-bond acceptors (Lipinski definition) is 4. The SMILES string of the molecule is N#CC(c1ccc[nH]1)C(C#N)(C#N)C#N. The van der Waals surface area contributed by atoms with Gasteiger partial charge in [-0.25, -0.2) is 0 Å². The van der Waals surface area contributed by atoms with Crippen LogP contribution in [-0.4, -0.2) is 4.98 Å². The summed E-state index contributed by atoms with van der Waals surface area (Å²) in [5, 5.41) is 35.4. The van der Waals surface area contributed by atoms with Crippen molar-refractivity contribution in [1.29, 1.82) is 21.0 Å². The second kappa shape index (κ2) is 3.97. The molecular weight excluding hydrogens is 190 g/mol. The third kappa shape index (κ3) is 1.51. The van der Waals surface area contributed by atoms with Gasteiger partial charge >= 0.3 is 0 Å². The fourth-order valence-electron chi connectivity index (χ4n) is 1.19. The summed E-state index contributed by atoms with van der Waals surface area (Å²) in [7, 11) is 0. The van der Waals surface area contributed by atoms with E-state index in [1.54, 1.807) is 42.6 Å². The molecule has 0 spiro atoms. The summed E-state index contributed by atoms with van der Waals surface area (Å²) in [5.41, 5.74) is -1.57. The van der Waals surface area contributed by atoms with Crippen molar-refractivity contribution in [1.82, 2.24) is 4.98 Å². The molecule has 1 rings (SSSR count). The zero-order valence-electron chi connectivity index (χ0n) is 7.60. The standard InChI is InChI=1S/C10H5N5/c11-4-8(9-2-1-3-15-9)10(5-12,6-13)7-14/h1-3,8,15H. The minimum Gasteiger partial charge on any atom is -0.364 e. The number of nitriles is 4. The lowest BCUT2D eigenvalue weighted by molar-refractivity contribution is 0.596. The fraction of sp³-hybridized carbons (Fsp3) is 0.200. The number of nitrogens with zero attached hydrogens (tertiary/aromatic N) is 4. The van der Waals surface area contributed by atoms with Gasteiger partial charge in [-0.15, -0.1) is 0 Å². The lowest BCUT2D eigenvalue weighted by Crippen LogP contribution is -2.23. The number of aromatic nitrogens is 1. The Hall–Kier alpha value is -2.76. The second-order valence-corrected chi connectivity index (χ2v) is 2.83. The molecule has 15 heavy (non-hydrogen) atoms. The van der Waals surface area contributed by atoms with Crippen LogP contribution in [0.15, 0.2) is 18.3 Å². The maximum absolute atomic E-state index is 8.90. The smallest absolute Gasteiger partial charge is 0.249 e. The topological polar surface area (TPSA) is 111 Å². The van der Waals surface area contributed by atoms with Crippen LogP contribution in [0.3, 0.4) is 0 Å². The summed E-state index contributed by atoms with van der Waals surface area (Å²) in [6.07, 6.45) is 1.57. The van der Waals surface area contributed by atoms with Crippen LogP contribution in [0.2, 0.25) is 0 Å². The minimum atomic E-state index is -1.96. The molecule has 1 N–H and O–H groups in total. The molecule has 1 aromatic rings. The molecule has 0 saturated heterocycles. The quantitative estimate of drug-likeness (QED) is 0.763. The monoisotopic (exact) mass is 195 g/mol. The van der Waals surface area contributed by atoms with E-state index < -0.39 is 11.3 Å². The van der Waals surface area contributed by atoms with Crippen LogP contribution in [0.4, 0.5) is 0 Å². The number of hydrogen-bond donors (Lipinski definition) is 1. The van der Waals surface area contributed by atoms with E-state index in [-0.39, 0.29) is 0 Å². The van der Waals surface area contributed by atoms with Crippen molar-refractivity contribution in [3.05, 3.63) is 24.0 Å². The summed E-state index contributed by atoms with van der Waals surface area (Å²) in [5.74, 6) is -1.09. The molecule has 0 aliphatic carbocycles. The first-order valence-corrected chi connectivity index (χ1v) is 4.00. The van der Waals surface area contributed by atoms with E-state index in [0.717, 1.165) is 0 Å². The van der Waals surface area contributed by atoms with E-state index in [4.69, 9.17) is 21.0 Å². The van der Waals surface area contributed by atoms with Crippen molar-refractivity contribution in [2.45, 2.75) is 5.92 Å². The molecule has 70 valence electrons. The van der Waals surface area contributed by atoms with Gasteiger partial charge in [0.15, 0.2) is 0 Å². The van der Waals surface area contributed by atoms with Gasteiger partial charge in [0, 0.05) is 11.9 Å². The third-order valence-electron chi connectivity index (χ3n) is 2.02. The average molecular weight is 195 g/mol. The maximum atomic E-state index is 8.90. The first-order chi connectivity index (χ1) is 7.24. The Morgan fingerprint density at radius 1 is 1.13 bits per heavy atom. The lowest BCUT2D eigenvalue weighted by Gasteiger charge is -2.14. The van der Waals surface area contributed by atoms with Crippen LogP contribution in [0, 0.1) is 50.7 Å². The Labute approximate surface area is 86.4 Å². The van der Waals surface area contributed by atoms with E-state index >= 15 is 0 Å². The van der Waals surface area contributed by atoms with Gasteiger partial charge in [-0.05, 0) is 12.1 Å². The van der Waals surface area contributed by atoms with Gasteiger partial charge < -0.3 is 4.98 Å². The summed E-state index contributed by atoms with van der Waals surface area (Å²) in [6, 6.07) is 9.77. The molecule has 0 aromatic carbocycles. The molecule has 0 aliphatic rings. The van der Waals surface area contributed by atoms with Crippen LogP contribution in [0.5, 0.6) is 0 Å².